The van der Waals surface area contributed by atoms with Gasteiger partial charge in [-0.3, -0.25) is 4.79 Å². The molecule has 3 aromatic rings. The van der Waals surface area contributed by atoms with Crippen molar-refractivity contribution in [2.45, 2.75) is 19.9 Å². The zero-order valence-electron chi connectivity index (χ0n) is 16.7. The zero-order chi connectivity index (χ0) is 20.9. The predicted molar refractivity (Wildman–Crippen MR) is 114 cm³/mol. The van der Waals surface area contributed by atoms with Crippen molar-refractivity contribution in [3.05, 3.63) is 77.7 Å². The molecule has 0 saturated carbocycles. The Balaban J connectivity index is 1.39. The average molecular weight is 405 g/mol. The van der Waals surface area contributed by atoms with Crippen LogP contribution in [0.1, 0.15) is 28.6 Å². The number of carbonyl (C=O) groups is 2. The van der Waals surface area contributed by atoms with Crippen molar-refractivity contribution in [1.82, 2.24) is 4.90 Å². The molecule has 1 aromatic heterocycles. The smallest absolute Gasteiger partial charge is 0.323 e. The molecule has 7 heteroatoms. The van der Waals surface area contributed by atoms with Crippen molar-refractivity contribution >= 4 is 23.3 Å². The molecule has 0 spiro atoms. The van der Waals surface area contributed by atoms with E-state index in [1.54, 1.807) is 29.2 Å². The quantitative estimate of drug-likeness (QED) is 0.654. The van der Waals surface area contributed by atoms with Crippen LogP contribution in [0.3, 0.4) is 0 Å². The fourth-order valence-electron chi connectivity index (χ4n) is 3.46. The molecule has 0 bridgehead atoms. The molecule has 154 valence electrons. The van der Waals surface area contributed by atoms with E-state index in [1.165, 1.54) is 11.8 Å². The van der Waals surface area contributed by atoms with E-state index in [4.69, 9.17) is 9.15 Å². The molecule has 0 fully saturated rings. The highest BCUT2D eigenvalue weighted by Crippen LogP contribution is 2.24. The number of ether oxygens (including phenoxy) is 1. The highest BCUT2D eigenvalue weighted by molar-refractivity contribution is 5.99. The summed E-state index contributed by atoms with van der Waals surface area (Å²) in [6.07, 6.45) is 2.26. The molecule has 4 rings (SSSR count). The van der Waals surface area contributed by atoms with Gasteiger partial charge in [-0.1, -0.05) is 6.07 Å². The molecule has 2 heterocycles. The first-order chi connectivity index (χ1) is 14.6. The molecular formula is C23H23N3O4. The molecule has 3 amide bonds. The molecule has 0 atom stereocenters. The number of rotatable bonds is 5. The van der Waals surface area contributed by atoms with Crippen LogP contribution in [0.5, 0.6) is 5.75 Å². The van der Waals surface area contributed by atoms with Crippen molar-refractivity contribution in [3.63, 3.8) is 0 Å². The lowest BCUT2D eigenvalue weighted by Gasteiger charge is -2.28. The number of furan rings is 1. The van der Waals surface area contributed by atoms with Gasteiger partial charge in [0.25, 0.3) is 5.91 Å². The number of carbonyl (C=O) groups excluding carboxylic acids is 2. The minimum absolute atomic E-state index is 0.128. The van der Waals surface area contributed by atoms with Crippen LogP contribution in [-0.2, 0) is 13.0 Å². The summed E-state index contributed by atoms with van der Waals surface area (Å²) in [6.45, 7) is 3.63. The second-order valence-corrected chi connectivity index (χ2v) is 6.97. The first-order valence-corrected chi connectivity index (χ1v) is 9.88. The van der Waals surface area contributed by atoms with Gasteiger partial charge in [-0.05, 0) is 73.0 Å². The standard InChI is InChI=1S/C23H23N3O4/c1-2-29-20-9-7-18(8-10-20)24-23(28)25-19-6-5-16-11-12-26(15-17(16)14-19)22(27)21-4-3-13-30-21/h3-10,13-14H,2,11-12,15H2,1H3,(H2,24,25,28). The summed E-state index contributed by atoms with van der Waals surface area (Å²) in [4.78, 5) is 26.7. The van der Waals surface area contributed by atoms with E-state index < -0.39 is 0 Å². The Morgan fingerprint density at radius 3 is 2.53 bits per heavy atom. The van der Waals surface area contributed by atoms with Crippen LogP contribution in [0, 0.1) is 0 Å². The van der Waals surface area contributed by atoms with Crippen molar-refractivity contribution in [3.8, 4) is 5.75 Å². The topological polar surface area (TPSA) is 83.8 Å². The summed E-state index contributed by atoms with van der Waals surface area (Å²) < 4.78 is 10.6. The van der Waals surface area contributed by atoms with Crippen LogP contribution < -0.4 is 15.4 Å². The maximum Gasteiger partial charge on any atom is 0.323 e. The van der Waals surface area contributed by atoms with E-state index in [-0.39, 0.29) is 11.9 Å². The number of hydrogen-bond acceptors (Lipinski definition) is 4. The molecule has 0 saturated heterocycles. The molecule has 2 N–H and O–H groups in total. The van der Waals surface area contributed by atoms with Crippen LogP contribution in [0.15, 0.2) is 65.3 Å². The number of fused-ring (bicyclic) bond motifs is 1. The van der Waals surface area contributed by atoms with Gasteiger partial charge in [0.05, 0.1) is 12.9 Å². The third-order valence-electron chi connectivity index (χ3n) is 4.92. The Hall–Kier alpha value is -3.74. The number of hydrogen-bond donors (Lipinski definition) is 2. The second-order valence-electron chi connectivity index (χ2n) is 6.97. The highest BCUT2D eigenvalue weighted by atomic mass is 16.5. The van der Waals surface area contributed by atoms with Crippen molar-refractivity contribution in [1.29, 1.82) is 0 Å². The van der Waals surface area contributed by atoms with Gasteiger partial charge in [0.2, 0.25) is 0 Å². The molecule has 0 aliphatic carbocycles. The van der Waals surface area contributed by atoms with Crippen LogP contribution in [0.4, 0.5) is 16.2 Å². The molecule has 30 heavy (non-hydrogen) atoms. The summed E-state index contributed by atoms with van der Waals surface area (Å²) in [5.74, 6) is 0.964. The van der Waals surface area contributed by atoms with Gasteiger partial charge < -0.3 is 24.7 Å². The fourth-order valence-corrected chi connectivity index (χ4v) is 3.46. The number of amides is 3. The van der Waals surface area contributed by atoms with Gasteiger partial charge in [0, 0.05) is 24.5 Å². The Bertz CT molecular complexity index is 1030. The van der Waals surface area contributed by atoms with Gasteiger partial charge in [-0.2, -0.15) is 0 Å². The Labute approximate surface area is 174 Å². The maximum absolute atomic E-state index is 12.5. The normalized spacial score (nSPS) is 12.8. The van der Waals surface area contributed by atoms with Crippen LogP contribution in [-0.4, -0.2) is 30.0 Å². The SMILES string of the molecule is CCOc1ccc(NC(=O)Nc2ccc3c(c2)CN(C(=O)c2ccco2)CC3)cc1. The van der Waals surface area contributed by atoms with E-state index in [0.717, 1.165) is 17.7 Å². The van der Waals surface area contributed by atoms with Gasteiger partial charge in [0.15, 0.2) is 5.76 Å². The number of anilines is 2. The van der Waals surface area contributed by atoms with Crippen LogP contribution in [0.25, 0.3) is 0 Å². The Morgan fingerprint density at radius 1 is 1.03 bits per heavy atom. The van der Waals surface area contributed by atoms with Gasteiger partial charge >= 0.3 is 6.03 Å². The van der Waals surface area contributed by atoms with E-state index in [1.807, 2.05) is 37.3 Å². The maximum atomic E-state index is 12.5. The molecule has 7 nitrogen and oxygen atoms in total. The second kappa shape index (κ2) is 8.73. The largest absolute Gasteiger partial charge is 0.494 e. The van der Waals surface area contributed by atoms with Crippen LogP contribution in [0.2, 0.25) is 0 Å². The molecular weight excluding hydrogens is 382 g/mol. The lowest BCUT2D eigenvalue weighted by molar-refractivity contribution is 0.0702. The van der Waals surface area contributed by atoms with Gasteiger partial charge in [0.1, 0.15) is 5.75 Å². The highest BCUT2D eigenvalue weighted by Gasteiger charge is 2.23. The van der Waals surface area contributed by atoms with Crippen molar-refractivity contribution < 1.29 is 18.7 Å². The summed E-state index contributed by atoms with van der Waals surface area (Å²) in [5, 5.41) is 5.65. The van der Waals surface area contributed by atoms with Crippen molar-refractivity contribution in [2.75, 3.05) is 23.8 Å². The summed E-state index contributed by atoms with van der Waals surface area (Å²) in [7, 11) is 0. The minimum Gasteiger partial charge on any atom is -0.494 e. The summed E-state index contributed by atoms with van der Waals surface area (Å²) >= 11 is 0. The van der Waals surface area contributed by atoms with E-state index in [0.29, 0.717) is 36.8 Å². The van der Waals surface area contributed by atoms with E-state index in [9.17, 15) is 9.59 Å². The Kier molecular flexibility index (Phi) is 5.70. The first kappa shape index (κ1) is 19.6. The van der Waals surface area contributed by atoms with Gasteiger partial charge in [-0.25, -0.2) is 4.79 Å². The molecule has 0 radical (unpaired) electrons. The van der Waals surface area contributed by atoms with Crippen molar-refractivity contribution in [2.24, 2.45) is 0 Å². The minimum atomic E-state index is -0.335. The predicted octanol–water partition coefficient (Wildman–Crippen LogP) is 4.52. The lowest BCUT2D eigenvalue weighted by atomic mass is 9.99. The fraction of sp³-hybridized carbons (Fsp3) is 0.217. The molecule has 1 aliphatic heterocycles. The van der Waals surface area contributed by atoms with Gasteiger partial charge in [-0.15, -0.1) is 0 Å². The average Bonchev–Trinajstić information content (AvgIpc) is 3.29. The monoisotopic (exact) mass is 405 g/mol. The van der Waals surface area contributed by atoms with E-state index >= 15 is 0 Å². The molecule has 0 unspecified atom stereocenters. The number of nitrogens with one attached hydrogen (secondary N) is 2. The lowest BCUT2D eigenvalue weighted by Crippen LogP contribution is -2.35. The number of nitrogens with zero attached hydrogens (tertiary/aromatic N) is 1. The summed E-state index contributed by atoms with van der Waals surface area (Å²) in [5.41, 5.74) is 3.53. The summed E-state index contributed by atoms with van der Waals surface area (Å²) in [6, 6.07) is 16.0. The van der Waals surface area contributed by atoms with Crippen LogP contribution >= 0.6 is 0 Å². The third kappa shape index (κ3) is 4.46. The number of benzene rings is 2. The first-order valence-electron chi connectivity index (χ1n) is 9.88. The van der Waals surface area contributed by atoms with E-state index in [2.05, 4.69) is 10.6 Å². The number of urea groups is 1. The molecule has 1 aliphatic rings. The third-order valence-corrected chi connectivity index (χ3v) is 4.92. The molecule has 2 aromatic carbocycles. The Morgan fingerprint density at radius 2 is 1.80 bits per heavy atom. The zero-order valence-corrected chi connectivity index (χ0v) is 16.7.